The van der Waals surface area contributed by atoms with Gasteiger partial charge in [0.2, 0.25) is 0 Å². The number of rotatable bonds is 9. The summed E-state index contributed by atoms with van der Waals surface area (Å²) in [5.74, 6) is 0.604. The molecule has 15 heavy (non-hydrogen) atoms. The highest BCUT2D eigenvalue weighted by molar-refractivity contribution is 5.78. The molecule has 0 amide bonds. The van der Waals surface area contributed by atoms with E-state index in [4.69, 9.17) is 0 Å². The minimum atomic E-state index is 0.234. The summed E-state index contributed by atoms with van der Waals surface area (Å²) in [5.41, 5.74) is 0. The van der Waals surface area contributed by atoms with Crippen molar-refractivity contribution in [2.75, 3.05) is 0 Å². The van der Waals surface area contributed by atoms with Crippen molar-refractivity contribution in [2.24, 2.45) is 0 Å². The maximum atomic E-state index is 11.2. The van der Waals surface area contributed by atoms with Crippen molar-refractivity contribution in [3.8, 4) is 0 Å². The molecule has 0 fully saturated rings. The van der Waals surface area contributed by atoms with Gasteiger partial charge in [-0.2, -0.15) is 0 Å². The second kappa shape index (κ2) is 9.63. The minimum Gasteiger partial charge on any atom is -0.300 e. The van der Waals surface area contributed by atoms with E-state index < -0.39 is 0 Å². The van der Waals surface area contributed by atoms with E-state index in [2.05, 4.69) is 6.08 Å². The maximum absolute atomic E-state index is 11.2. The number of hydrogen-bond donors (Lipinski definition) is 0. The number of ketones is 2. The molecule has 2 nitrogen and oxygen atoms in total. The summed E-state index contributed by atoms with van der Waals surface area (Å²) < 4.78 is 0. The molecule has 0 bridgehead atoms. The number of carbonyl (C=O) groups excluding carboxylic acids is 2. The highest BCUT2D eigenvalue weighted by Gasteiger charge is 1.97. The third-order valence-electron chi connectivity index (χ3n) is 2.18. The molecule has 0 aromatic rings. The Morgan fingerprint density at radius 3 is 2.27 bits per heavy atom. The van der Waals surface area contributed by atoms with Crippen LogP contribution in [-0.4, -0.2) is 11.6 Å². The van der Waals surface area contributed by atoms with E-state index in [1.807, 2.05) is 13.0 Å². The van der Waals surface area contributed by atoms with E-state index in [-0.39, 0.29) is 5.78 Å². The van der Waals surface area contributed by atoms with Crippen molar-refractivity contribution >= 4 is 11.6 Å². The first-order valence-corrected chi connectivity index (χ1v) is 5.83. The van der Waals surface area contributed by atoms with Crippen molar-refractivity contribution in [3.05, 3.63) is 12.2 Å². The molecular formula is C13H22O2. The number of Topliss-reactive ketones (excluding diaryl/α,β-unsaturated/α-hetero) is 2. The van der Waals surface area contributed by atoms with E-state index in [1.165, 1.54) is 0 Å². The molecule has 0 aliphatic carbocycles. The predicted molar refractivity (Wildman–Crippen MR) is 62.8 cm³/mol. The first-order valence-electron chi connectivity index (χ1n) is 5.83. The maximum Gasteiger partial charge on any atom is 0.132 e. The smallest absolute Gasteiger partial charge is 0.132 e. The van der Waals surface area contributed by atoms with E-state index in [0.29, 0.717) is 25.0 Å². The van der Waals surface area contributed by atoms with Gasteiger partial charge < -0.3 is 4.79 Å². The molecule has 0 aromatic heterocycles. The third kappa shape index (κ3) is 11.0. The summed E-state index contributed by atoms with van der Waals surface area (Å²) in [4.78, 5) is 21.8. The monoisotopic (exact) mass is 210 g/mol. The first kappa shape index (κ1) is 14.1. The molecule has 0 atom stereocenters. The van der Waals surface area contributed by atoms with Gasteiger partial charge in [0.25, 0.3) is 0 Å². The highest BCUT2D eigenvalue weighted by Crippen LogP contribution is 2.03. The third-order valence-corrected chi connectivity index (χ3v) is 2.18. The zero-order valence-electron chi connectivity index (χ0n) is 9.92. The normalized spacial score (nSPS) is 10.8. The summed E-state index contributed by atoms with van der Waals surface area (Å²) in [5, 5.41) is 0. The van der Waals surface area contributed by atoms with Crippen LogP contribution in [-0.2, 0) is 9.59 Å². The van der Waals surface area contributed by atoms with Crippen molar-refractivity contribution in [1.82, 2.24) is 0 Å². The van der Waals surface area contributed by atoms with Crippen molar-refractivity contribution in [1.29, 1.82) is 0 Å². The lowest BCUT2D eigenvalue weighted by molar-refractivity contribution is -0.119. The van der Waals surface area contributed by atoms with Crippen molar-refractivity contribution < 1.29 is 9.59 Å². The second-order valence-electron chi connectivity index (χ2n) is 3.89. The number of carbonyl (C=O) groups is 2. The fraction of sp³-hybridized carbons (Fsp3) is 0.692. The molecule has 0 N–H and O–H groups in total. The Labute approximate surface area is 92.8 Å². The molecule has 0 spiro atoms. The van der Waals surface area contributed by atoms with Crippen LogP contribution in [0, 0.1) is 0 Å². The Kier molecular flexibility index (Phi) is 9.04. The minimum absolute atomic E-state index is 0.234. The van der Waals surface area contributed by atoms with Gasteiger partial charge in [-0.15, -0.1) is 0 Å². The fourth-order valence-corrected chi connectivity index (χ4v) is 1.34. The quantitative estimate of drug-likeness (QED) is 0.431. The summed E-state index contributed by atoms with van der Waals surface area (Å²) >= 11 is 0. The molecule has 0 heterocycles. The van der Waals surface area contributed by atoms with Gasteiger partial charge in [-0.25, -0.2) is 0 Å². The summed E-state index contributed by atoms with van der Waals surface area (Å²) in [7, 11) is 0. The van der Waals surface area contributed by atoms with E-state index in [1.54, 1.807) is 6.92 Å². The van der Waals surface area contributed by atoms with Crippen molar-refractivity contribution in [3.63, 3.8) is 0 Å². The zero-order chi connectivity index (χ0) is 11.5. The largest absolute Gasteiger partial charge is 0.300 e. The summed E-state index contributed by atoms with van der Waals surface area (Å²) in [6.45, 7) is 3.64. The van der Waals surface area contributed by atoms with Crippen LogP contribution in [0.3, 0.4) is 0 Å². The van der Waals surface area contributed by atoms with Gasteiger partial charge >= 0.3 is 0 Å². The van der Waals surface area contributed by atoms with Crippen LogP contribution in [0.2, 0.25) is 0 Å². The molecule has 86 valence electrons. The SMILES string of the molecule is CCCC(=O)CCCC=CCCC(C)=O. The van der Waals surface area contributed by atoms with Gasteiger partial charge in [-0.1, -0.05) is 19.1 Å². The van der Waals surface area contributed by atoms with Gasteiger partial charge in [0, 0.05) is 19.3 Å². The molecule has 0 aliphatic rings. The van der Waals surface area contributed by atoms with Crippen LogP contribution in [0.4, 0.5) is 0 Å². The van der Waals surface area contributed by atoms with Crippen LogP contribution in [0.1, 0.15) is 58.8 Å². The molecule has 0 aliphatic heterocycles. The Morgan fingerprint density at radius 2 is 1.67 bits per heavy atom. The lowest BCUT2D eigenvalue weighted by atomic mass is 10.1. The van der Waals surface area contributed by atoms with Crippen LogP contribution >= 0.6 is 0 Å². The van der Waals surface area contributed by atoms with Gasteiger partial charge in [-0.05, 0) is 32.6 Å². The standard InChI is InChI=1S/C13H22O2/c1-3-9-13(15)11-8-6-4-5-7-10-12(2)14/h4-5H,3,6-11H2,1-2H3. The Morgan fingerprint density at radius 1 is 1.00 bits per heavy atom. The highest BCUT2D eigenvalue weighted by atomic mass is 16.1. The average Bonchev–Trinajstić information content (AvgIpc) is 2.16. The zero-order valence-corrected chi connectivity index (χ0v) is 9.92. The van der Waals surface area contributed by atoms with E-state index in [9.17, 15) is 9.59 Å². The molecule has 0 saturated carbocycles. The van der Waals surface area contributed by atoms with E-state index >= 15 is 0 Å². The molecule has 0 aromatic carbocycles. The topological polar surface area (TPSA) is 34.1 Å². The molecule has 0 radical (unpaired) electrons. The lowest BCUT2D eigenvalue weighted by Crippen LogP contribution is -1.95. The number of unbranched alkanes of at least 4 members (excludes halogenated alkanes) is 1. The first-order chi connectivity index (χ1) is 7.16. The predicted octanol–water partition coefficient (Wildman–Crippen LogP) is 3.45. The van der Waals surface area contributed by atoms with Gasteiger partial charge in [-0.3, -0.25) is 4.79 Å². The molecule has 0 unspecified atom stereocenters. The fourth-order valence-electron chi connectivity index (χ4n) is 1.34. The molecule has 0 rings (SSSR count). The Balaban J connectivity index is 3.30. The molecular weight excluding hydrogens is 188 g/mol. The Hall–Kier alpha value is -0.920. The van der Waals surface area contributed by atoms with Crippen LogP contribution in [0.5, 0.6) is 0 Å². The Bertz CT molecular complexity index is 217. The van der Waals surface area contributed by atoms with Crippen molar-refractivity contribution in [2.45, 2.75) is 58.8 Å². The van der Waals surface area contributed by atoms with Crippen LogP contribution < -0.4 is 0 Å². The van der Waals surface area contributed by atoms with Crippen LogP contribution in [0.15, 0.2) is 12.2 Å². The molecule has 2 heteroatoms. The van der Waals surface area contributed by atoms with Gasteiger partial charge in [0.1, 0.15) is 11.6 Å². The lowest BCUT2D eigenvalue weighted by Gasteiger charge is -1.96. The van der Waals surface area contributed by atoms with Gasteiger partial charge in [0.15, 0.2) is 0 Å². The van der Waals surface area contributed by atoms with E-state index in [0.717, 1.165) is 25.7 Å². The number of hydrogen-bond acceptors (Lipinski definition) is 2. The average molecular weight is 210 g/mol. The second-order valence-corrected chi connectivity index (χ2v) is 3.89. The molecule has 0 saturated heterocycles. The van der Waals surface area contributed by atoms with Gasteiger partial charge in [0.05, 0.1) is 0 Å². The summed E-state index contributed by atoms with van der Waals surface area (Å²) in [6.07, 6.45) is 9.83. The summed E-state index contributed by atoms with van der Waals surface area (Å²) in [6, 6.07) is 0. The number of allylic oxidation sites excluding steroid dienone is 2. The van der Waals surface area contributed by atoms with Crippen LogP contribution in [0.25, 0.3) is 0 Å².